The van der Waals surface area contributed by atoms with Crippen molar-refractivity contribution in [2.45, 2.75) is 12.7 Å². The van der Waals surface area contributed by atoms with Gasteiger partial charge in [0.15, 0.2) is 12.6 Å². The van der Waals surface area contributed by atoms with E-state index in [4.69, 9.17) is 0 Å². The summed E-state index contributed by atoms with van der Waals surface area (Å²) in [7, 11) is 3.39. The van der Waals surface area contributed by atoms with E-state index >= 15 is 0 Å². The van der Waals surface area contributed by atoms with E-state index in [2.05, 4.69) is 25.1 Å². The number of halogens is 3. The first-order valence-corrected chi connectivity index (χ1v) is 9.14. The van der Waals surface area contributed by atoms with E-state index in [0.717, 1.165) is 5.69 Å². The van der Waals surface area contributed by atoms with Crippen LogP contribution in [-0.4, -0.2) is 71.0 Å². The second-order valence-electron chi connectivity index (χ2n) is 6.65. The van der Waals surface area contributed by atoms with Crippen LogP contribution in [0.25, 0.3) is 0 Å². The zero-order valence-corrected chi connectivity index (χ0v) is 16.6. The standard InChI is InChI=1S/C18H22F3N7O2/c1-22-17(24-8-13-3-4-23-15(7-13)30-12-18(19,20)21)27-5-6-28(16(29)11-27)14-9-25-26(2)10-14/h3-4,7,9-10H,5-6,8,11-12H2,1-2H3,(H,22,24). The molecule has 3 rings (SSSR count). The van der Waals surface area contributed by atoms with Crippen LogP contribution < -0.4 is 15.0 Å². The number of hydrogen-bond donors (Lipinski definition) is 1. The van der Waals surface area contributed by atoms with Crippen LogP contribution >= 0.6 is 0 Å². The average Bonchev–Trinajstić information content (AvgIpc) is 3.13. The van der Waals surface area contributed by atoms with E-state index in [1.165, 1.54) is 12.3 Å². The molecule has 12 heteroatoms. The van der Waals surface area contributed by atoms with E-state index in [9.17, 15) is 18.0 Å². The molecule has 0 saturated carbocycles. The maximum absolute atomic E-state index is 12.6. The second kappa shape index (κ2) is 9.01. The fraction of sp³-hybridized carbons (Fsp3) is 0.444. The van der Waals surface area contributed by atoms with Crippen LogP contribution in [-0.2, 0) is 18.4 Å². The number of pyridine rings is 1. The highest BCUT2D eigenvalue weighted by molar-refractivity contribution is 5.98. The molecule has 2 aromatic rings. The number of carbonyl (C=O) groups is 1. The largest absolute Gasteiger partial charge is 0.468 e. The maximum Gasteiger partial charge on any atom is 0.422 e. The Morgan fingerprint density at radius 3 is 2.80 bits per heavy atom. The van der Waals surface area contributed by atoms with Crippen molar-refractivity contribution in [2.24, 2.45) is 12.0 Å². The van der Waals surface area contributed by atoms with Gasteiger partial charge in [0, 0.05) is 52.2 Å². The number of anilines is 1. The van der Waals surface area contributed by atoms with Gasteiger partial charge in [-0.3, -0.25) is 14.5 Å². The van der Waals surface area contributed by atoms with E-state index in [-0.39, 0.29) is 24.9 Å². The monoisotopic (exact) mass is 425 g/mol. The first kappa shape index (κ1) is 21.4. The Labute approximate surface area is 171 Å². The van der Waals surface area contributed by atoms with Gasteiger partial charge in [-0.1, -0.05) is 0 Å². The van der Waals surface area contributed by atoms with Crippen LogP contribution in [0.4, 0.5) is 18.9 Å². The van der Waals surface area contributed by atoms with E-state index in [0.29, 0.717) is 24.6 Å². The smallest absolute Gasteiger partial charge is 0.422 e. The van der Waals surface area contributed by atoms with Crippen LogP contribution in [0.15, 0.2) is 35.7 Å². The van der Waals surface area contributed by atoms with E-state index in [1.807, 2.05) is 4.90 Å². The molecular weight excluding hydrogens is 403 g/mol. The number of piperazine rings is 1. The van der Waals surface area contributed by atoms with Gasteiger partial charge in [0.05, 0.1) is 11.9 Å². The molecule has 2 aromatic heterocycles. The van der Waals surface area contributed by atoms with Crippen molar-refractivity contribution in [3.05, 3.63) is 36.3 Å². The fourth-order valence-electron chi connectivity index (χ4n) is 2.98. The summed E-state index contributed by atoms with van der Waals surface area (Å²) >= 11 is 0. The molecule has 9 nitrogen and oxygen atoms in total. The molecular formula is C18H22F3N7O2. The summed E-state index contributed by atoms with van der Waals surface area (Å²) in [5.41, 5.74) is 1.41. The van der Waals surface area contributed by atoms with Gasteiger partial charge in [-0.25, -0.2) is 4.98 Å². The minimum Gasteiger partial charge on any atom is -0.468 e. The van der Waals surface area contributed by atoms with E-state index < -0.39 is 12.8 Å². The molecule has 1 saturated heterocycles. The second-order valence-corrected chi connectivity index (χ2v) is 6.65. The summed E-state index contributed by atoms with van der Waals surface area (Å²) < 4.78 is 43.2. The SMILES string of the molecule is CN=C(NCc1ccnc(OCC(F)(F)F)c1)N1CCN(c2cnn(C)c2)C(=O)C1. The third kappa shape index (κ3) is 5.61. The molecule has 0 aliphatic carbocycles. The highest BCUT2D eigenvalue weighted by Gasteiger charge is 2.29. The minimum absolute atomic E-state index is 0.0797. The van der Waals surface area contributed by atoms with Gasteiger partial charge >= 0.3 is 6.18 Å². The maximum atomic E-state index is 12.6. The molecule has 1 fully saturated rings. The Kier molecular flexibility index (Phi) is 6.43. The number of aromatic nitrogens is 3. The third-order valence-corrected chi connectivity index (χ3v) is 4.37. The topological polar surface area (TPSA) is 87.9 Å². The summed E-state index contributed by atoms with van der Waals surface area (Å²) in [5, 5.41) is 7.21. The molecule has 162 valence electrons. The summed E-state index contributed by atoms with van der Waals surface area (Å²) in [4.78, 5) is 24.0. The van der Waals surface area contributed by atoms with Crippen molar-refractivity contribution in [2.75, 3.05) is 38.2 Å². The van der Waals surface area contributed by atoms with E-state index in [1.54, 1.807) is 42.1 Å². The van der Waals surface area contributed by atoms with Crippen molar-refractivity contribution < 1.29 is 22.7 Å². The van der Waals surface area contributed by atoms with Gasteiger partial charge in [-0.2, -0.15) is 18.3 Å². The average molecular weight is 425 g/mol. The summed E-state index contributed by atoms with van der Waals surface area (Å²) in [6.07, 6.45) is 0.370. The van der Waals surface area contributed by atoms with Crippen LogP contribution in [0.3, 0.4) is 0 Å². The molecule has 1 aliphatic rings. The first-order valence-electron chi connectivity index (χ1n) is 9.14. The molecule has 30 heavy (non-hydrogen) atoms. The minimum atomic E-state index is -4.43. The summed E-state index contributed by atoms with van der Waals surface area (Å²) in [6, 6.07) is 3.09. The van der Waals surface area contributed by atoms with Crippen molar-refractivity contribution in [1.29, 1.82) is 0 Å². The predicted molar refractivity (Wildman–Crippen MR) is 103 cm³/mol. The van der Waals surface area contributed by atoms with Gasteiger partial charge in [-0.15, -0.1) is 0 Å². The molecule has 0 atom stereocenters. The number of nitrogens with one attached hydrogen (secondary N) is 1. The zero-order valence-electron chi connectivity index (χ0n) is 16.6. The Bertz CT molecular complexity index is 913. The molecule has 1 N–H and O–H groups in total. The number of carbonyl (C=O) groups excluding carboxylic acids is 1. The quantitative estimate of drug-likeness (QED) is 0.572. The Balaban J connectivity index is 1.56. The Morgan fingerprint density at radius 1 is 1.37 bits per heavy atom. The number of rotatable bonds is 5. The molecule has 0 aromatic carbocycles. The molecule has 3 heterocycles. The number of guanidine groups is 1. The van der Waals surface area contributed by atoms with Crippen LogP contribution in [0.2, 0.25) is 0 Å². The lowest BCUT2D eigenvalue weighted by Gasteiger charge is -2.35. The molecule has 0 radical (unpaired) electrons. The number of aryl methyl sites for hydroxylation is 1. The molecule has 0 bridgehead atoms. The Hall–Kier alpha value is -3.31. The fourth-order valence-corrected chi connectivity index (χ4v) is 2.98. The van der Waals surface area contributed by atoms with Crippen LogP contribution in [0, 0.1) is 0 Å². The molecule has 1 aliphatic heterocycles. The Morgan fingerprint density at radius 2 is 2.17 bits per heavy atom. The van der Waals surface area contributed by atoms with Crippen molar-refractivity contribution >= 4 is 17.6 Å². The highest BCUT2D eigenvalue weighted by Crippen LogP contribution is 2.18. The zero-order chi connectivity index (χ0) is 21.7. The molecule has 1 amide bonds. The lowest BCUT2D eigenvalue weighted by molar-refractivity contribution is -0.154. The van der Waals surface area contributed by atoms with Gasteiger partial charge in [0.25, 0.3) is 0 Å². The van der Waals surface area contributed by atoms with Gasteiger partial charge in [0.1, 0.15) is 6.54 Å². The first-order chi connectivity index (χ1) is 14.2. The number of alkyl halides is 3. The number of aliphatic imine (C=N–C) groups is 1. The normalized spacial score (nSPS) is 15.5. The lowest BCUT2D eigenvalue weighted by Crippen LogP contribution is -2.55. The number of amides is 1. The van der Waals surface area contributed by atoms with Crippen molar-refractivity contribution in [3.8, 4) is 5.88 Å². The predicted octanol–water partition coefficient (Wildman–Crippen LogP) is 1.18. The third-order valence-electron chi connectivity index (χ3n) is 4.37. The summed E-state index contributed by atoms with van der Waals surface area (Å²) in [6.45, 7) is 0.0772. The number of nitrogens with zero attached hydrogens (tertiary/aromatic N) is 6. The van der Waals surface area contributed by atoms with Gasteiger partial charge in [-0.05, 0) is 11.6 Å². The lowest BCUT2D eigenvalue weighted by atomic mass is 10.2. The van der Waals surface area contributed by atoms with Crippen LogP contribution in [0.5, 0.6) is 5.88 Å². The van der Waals surface area contributed by atoms with Crippen molar-refractivity contribution in [3.63, 3.8) is 0 Å². The highest BCUT2D eigenvalue weighted by atomic mass is 19.4. The number of hydrogen-bond acceptors (Lipinski definition) is 5. The van der Waals surface area contributed by atoms with Crippen molar-refractivity contribution in [1.82, 2.24) is 25.0 Å². The molecule has 0 spiro atoms. The van der Waals surface area contributed by atoms with Crippen LogP contribution in [0.1, 0.15) is 5.56 Å². The van der Waals surface area contributed by atoms with Gasteiger partial charge < -0.3 is 19.9 Å². The van der Waals surface area contributed by atoms with Gasteiger partial charge in [0.2, 0.25) is 11.8 Å². The number of ether oxygens (including phenoxy) is 1. The summed E-state index contributed by atoms with van der Waals surface area (Å²) in [5.74, 6) is 0.328. The molecule has 0 unspecified atom stereocenters.